The van der Waals surface area contributed by atoms with Crippen molar-refractivity contribution in [3.63, 3.8) is 0 Å². The third-order valence-corrected chi connectivity index (χ3v) is 2.34. The van der Waals surface area contributed by atoms with Crippen LogP contribution in [-0.4, -0.2) is 37.4 Å². The number of alkyl halides is 2. The van der Waals surface area contributed by atoms with Gasteiger partial charge in [0.2, 0.25) is 5.91 Å². The molecule has 0 saturated heterocycles. The van der Waals surface area contributed by atoms with Crippen molar-refractivity contribution in [3.8, 4) is 0 Å². The average molecular weight is 257 g/mol. The van der Waals surface area contributed by atoms with E-state index in [-0.39, 0.29) is 18.9 Å². The predicted molar refractivity (Wildman–Crippen MR) is 67.6 cm³/mol. The van der Waals surface area contributed by atoms with Crippen molar-refractivity contribution in [2.75, 3.05) is 31.2 Å². The number of amides is 1. The summed E-state index contributed by atoms with van der Waals surface area (Å²) in [5.74, 6) is -0.221. The Kier molecular flexibility index (Phi) is 5.51. The van der Waals surface area contributed by atoms with Crippen LogP contribution in [0.3, 0.4) is 0 Å². The molecule has 6 heteroatoms. The quantitative estimate of drug-likeness (QED) is 0.764. The third-order valence-electron chi connectivity index (χ3n) is 2.34. The van der Waals surface area contributed by atoms with E-state index in [1.165, 1.54) is 4.90 Å². The largest absolute Gasteiger partial charge is 0.399 e. The van der Waals surface area contributed by atoms with Crippen LogP contribution in [0.2, 0.25) is 0 Å². The van der Waals surface area contributed by atoms with Gasteiger partial charge in [0, 0.05) is 24.3 Å². The second kappa shape index (κ2) is 6.90. The Labute approximate surface area is 105 Å². The molecule has 1 aromatic rings. The van der Waals surface area contributed by atoms with Crippen LogP contribution in [0.1, 0.15) is 6.42 Å². The van der Waals surface area contributed by atoms with E-state index < -0.39 is 6.43 Å². The molecule has 0 radical (unpaired) electrons. The molecule has 0 aromatic heterocycles. The zero-order valence-corrected chi connectivity index (χ0v) is 10.2. The van der Waals surface area contributed by atoms with E-state index in [9.17, 15) is 13.6 Å². The first-order valence-electron chi connectivity index (χ1n) is 5.59. The number of rotatable bonds is 6. The number of nitrogen functional groups attached to an aromatic ring is 1. The topological polar surface area (TPSA) is 58.4 Å². The molecule has 0 spiro atoms. The van der Waals surface area contributed by atoms with Gasteiger partial charge in [-0.05, 0) is 25.2 Å². The highest BCUT2D eigenvalue weighted by molar-refractivity contribution is 5.91. The number of nitrogens with zero attached hydrogens (tertiary/aromatic N) is 1. The van der Waals surface area contributed by atoms with E-state index in [4.69, 9.17) is 5.73 Å². The van der Waals surface area contributed by atoms with Gasteiger partial charge in [-0.25, -0.2) is 8.78 Å². The maximum Gasteiger partial charge on any atom is 0.251 e. The summed E-state index contributed by atoms with van der Waals surface area (Å²) in [5, 5.41) is 2.66. The van der Waals surface area contributed by atoms with Gasteiger partial charge in [0.15, 0.2) is 0 Å². The third kappa shape index (κ3) is 5.58. The van der Waals surface area contributed by atoms with E-state index >= 15 is 0 Å². The Morgan fingerprint density at radius 1 is 1.50 bits per heavy atom. The smallest absolute Gasteiger partial charge is 0.251 e. The number of carbonyl (C=O) groups is 1. The van der Waals surface area contributed by atoms with E-state index in [0.29, 0.717) is 17.9 Å². The SMILES string of the molecule is CN(CCC(=O)Nc1cccc(N)c1)CC(F)F. The summed E-state index contributed by atoms with van der Waals surface area (Å²) in [5.41, 5.74) is 6.73. The minimum Gasteiger partial charge on any atom is -0.399 e. The van der Waals surface area contributed by atoms with Crippen molar-refractivity contribution in [1.29, 1.82) is 0 Å². The molecule has 1 aromatic carbocycles. The molecule has 4 nitrogen and oxygen atoms in total. The highest BCUT2D eigenvalue weighted by Crippen LogP contribution is 2.11. The molecular formula is C12H17F2N3O. The normalized spacial score (nSPS) is 10.9. The first kappa shape index (κ1) is 14.4. The van der Waals surface area contributed by atoms with E-state index in [1.807, 2.05) is 0 Å². The fourth-order valence-corrected chi connectivity index (χ4v) is 1.46. The molecule has 1 rings (SSSR count). The number of hydrogen-bond acceptors (Lipinski definition) is 3. The highest BCUT2D eigenvalue weighted by Gasteiger charge is 2.09. The van der Waals surface area contributed by atoms with E-state index in [1.54, 1.807) is 31.3 Å². The fourth-order valence-electron chi connectivity index (χ4n) is 1.46. The number of halogens is 2. The minimum absolute atomic E-state index is 0.165. The Morgan fingerprint density at radius 3 is 2.83 bits per heavy atom. The van der Waals surface area contributed by atoms with Crippen molar-refractivity contribution in [2.45, 2.75) is 12.8 Å². The zero-order chi connectivity index (χ0) is 13.5. The molecule has 3 N–H and O–H groups in total. The summed E-state index contributed by atoms with van der Waals surface area (Å²) in [7, 11) is 1.56. The van der Waals surface area contributed by atoms with Gasteiger partial charge in [-0.3, -0.25) is 4.79 Å². The van der Waals surface area contributed by atoms with Crippen LogP contribution in [0.25, 0.3) is 0 Å². The van der Waals surface area contributed by atoms with Crippen LogP contribution < -0.4 is 11.1 Å². The maximum atomic E-state index is 12.0. The molecule has 0 bridgehead atoms. The van der Waals surface area contributed by atoms with Crippen LogP contribution in [0.5, 0.6) is 0 Å². The highest BCUT2D eigenvalue weighted by atomic mass is 19.3. The lowest BCUT2D eigenvalue weighted by Crippen LogP contribution is -2.28. The molecule has 0 unspecified atom stereocenters. The standard InChI is InChI=1S/C12H17F2N3O/c1-17(8-11(13)14)6-5-12(18)16-10-4-2-3-9(15)7-10/h2-4,7,11H,5-6,8,15H2,1H3,(H,16,18). The number of hydrogen-bond donors (Lipinski definition) is 2. The lowest BCUT2D eigenvalue weighted by molar-refractivity contribution is -0.116. The van der Waals surface area contributed by atoms with Crippen molar-refractivity contribution in [2.24, 2.45) is 0 Å². The van der Waals surface area contributed by atoms with Gasteiger partial charge in [0.05, 0.1) is 6.54 Å². The van der Waals surface area contributed by atoms with Gasteiger partial charge in [0.1, 0.15) is 0 Å². The van der Waals surface area contributed by atoms with Crippen LogP contribution in [-0.2, 0) is 4.79 Å². The first-order valence-corrected chi connectivity index (χ1v) is 5.59. The zero-order valence-electron chi connectivity index (χ0n) is 10.2. The monoisotopic (exact) mass is 257 g/mol. The summed E-state index contributed by atoms with van der Waals surface area (Å²) in [4.78, 5) is 13.0. The summed E-state index contributed by atoms with van der Waals surface area (Å²) >= 11 is 0. The Morgan fingerprint density at radius 2 is 2.22 bits per heavy atom. The second-order valence-electron chi connectivity index (χ2n) is 4.08. The Balaban J connectivity index is 2.34. The van der Waals surface area contributed by atoms with Crippen LogP contribution in [0, 0.1) is 0 Å². The molecule has 0 atom stereocenters. The average Bonchev–Trinajstić information content (AvgIpc) is 2.25. The van der Waals surface area contributed by atoms with Crippen molar-refractivity contribution in [3.05, 3.63) is 24.3 Å². The van der Waals surface area contributed by atoms with Gasteiger partial charge >= 0.3 is 0 Å². The molecular weight excluding hydrogens is 240 g/mol. The Hall–Kier alpha value is -1.69. The van der Waals surface area contributed by atoms with Crippen molar-refractivity contribution < 1.29 is 13.6 Å². The van der Waals surface area contributed by atoms with E-state index in [0.717, 1.165) is 0 Å². The molecule has 0 aliphatic rings. The number of carbonyl (C=O) groups excluding carboxylic acids is 1. The summed E-state index contributed by atoms with van der Waals surface area (Å²) < 4.78 is 24.1. The lowest BCUT2D eigenvalue weighted by atomic mass is 10.2. The molecule has 0 saturated carbocycles. The number of benzene rings is 1. The molecule has 100 valence electrons. The van der Waals surface area contributed by atoms with E-state index in [2.05, 4.69) is 5.32 Å². The van der Waals surface area contributed by atoms with Crippen molar-refractivity contribution in [1.82, 2.24) is 4.90 Å². The molecule has 0 aliphatic carbocycles. The van der Waals surface area contributed by atoms with Crippen molar-refractivity contribution >= 4 is 17.3 Å². The van der Waals surface area contributed by atoms with Gasteiger partial charge < -0.3 is 16.0 Å². The second-order valence-corrected chi connectivity index (χ2v) is 4.08. The predicted octanol–water partition coefficient (Wildman–Crippen LogP) is 1.79. The van der Waals surface area contributed by atoms with Gasteiger partial charge in [0.25, 0.3) is 6.43 Å². The lowest BCUT2D eigenvalue weighted by Gasteiger charge is -2.15. The van der Waals surface area contributed by atoms with Crippen LogP contribution in [0.15, 0.2) is 24.3 Å². The fraction of sp³-hybridized carbons (Fsp3) is 0.417. The summed E-state index contributed by atoms with van der Waals surface area (Å²) in [6.07, 6.45) is -2.22. The summed E-state index contributed by atoms with van der Waals surface area (Å²) in [6.45, 7) is -0.0376. The van der Waals surface area contributed by atoms with Crippen LogP contribution >= 0.6 is 0 Å². The number of nitrogens with one attached hydrogen (secondary N) is 1. The first-order chi connectivity index (χ1) is 8.47. The molecule has 0 heterocycles. The molecule has 18 heavy (non-hydrogen) atoms. The minimum atomic E-state index is -2.38. The summed E-state index contributed by atoms with van der Waals surface area (Å²) in [6, 6.07) is 6.80. The number of anilines is 2. The maximum absolute atomic E-state index is 12.0. The number of nitrogens with two attached hydrogens (primary N) is 1. The van der Waals surface area contributed by atoms with Gasteiger partial charge in [-0.1, -0.05) is 6.07 Å². The molecule has 0 aliphatic heterocycles. The van der Waals surface area contributed by atoms with Gasteiger partial charge in [-0.15, -0.1) is 0 Å². The van der Waals surface area contributed by atoms with Gasteiger partial charge in [-0.2, -0.15) is 0 Å². The Bertz CT molecular complexity index is 399. The molecule has 0 fully saturated rings. The van der Waals surface area contributed by atoms with Crippen LogP contribution in [0.4, 0.5) is 20.2 Å². The molecule has 1 amide bonds.